The number of nitrogens with one attached hydrogen (secondary N) is 1. The Morgan fingerprint density at radius 1 is 1.07 bits per heavy atom. The second-order valence-electron chi connectivity index (χ2n) is 6.06. The van der Waals surface area contributed by atoms with E-state index in [2.05, 4.69) is 4.72 Å². The van der Waals surface area contributed by atoms with Gasteiger partial charge in [0.2, 0.25) is 5.91 Å². The van der Waals surface area contributed by atoms with Crippen molar-refractivity contribution in [3.05, 3.63) is 71.2 Å². The molecule has 0 saturated heterocycles. The average Bonchev–Trinajstić information content (AvgIpc) is 2.70. The molecule has 0 spiro atoms. The Balaban J connectivity index is 2.08. The minimum atomic E-state index is -4.33. The Hall–Kier alpha value is -3.23. The van der Waals surface area contributed by atoms with Gasteiger partial charge in [-0.25, -0.2) is 8.42 Å². The summed E-state index contributed by atoms with van der Waals surface area (Å²) >= 11 is 5.86. The molecular formula is C20H17ClN2O5S. The third kappa shape index (κ3) is 4.28. The van der Waals surface area contributed by atoms with Crippen molar-refractivity contribution < 1.29 is 23.1 Å². The quantitative estimate of drug-likeness (QED) is 0.549. The smallest absolute Gasteiger partial charge is 0.265 e. The van der Waals surface area contributed by atoms with Crippen molar-refractivity contribution in [3.63, 3.8) is 0 Å². The van der Waals surface area contributed by atoms with E-state index in [0.717, 1.165) is 23.3 Å². The summed E-state index contributed by atoms with van der Waals surface area (Å²) in [7, 11) is -2.93. The van der Waals surface area contributed by atoms with E-state index in [0.29, 0.717) is 0 Å². The highest BCUT2D eigenvalue weighted by Crippen LogP contribution is 2.36. The molecule has 0 unspecified atom stereocenters. The van der Waals surface area contributed by atoms with Gasteiger partial charge in [-0.15, -0.1) is 0 Å². The topological polar surface area (TPSA) is 119 Å². The number of hydrogen-bond donors (Lipinski definition) is 3. The van der Waals surface area contributed by atoms with Crippen LogP contribution in [0, 0.1) is 0 Å². The van der Waals surface area contributed by atoms with Crippen LogP contribution in [0.15, 0.2) is 65.6 Å². The van der Waals surface area contributed by atoms with Crippen LogP contribution in [-0.4, -0.2) is 26.5 Å². The predicted octanol–water partition coefficient (Wildman–Crippen LogP) is 3.62. The lowest BCUT2D eigenvalue weighted by molar-refractivity contribution is 0.1000. The molecule has 0 aromatic heterocycles. The van der Waals surface area contributed by atoms with Crippen LogP contribution >= 0.6 is 11.6 Å². The number of primary amides is 1. The highest BCUT2D eigenvalue weighted by molar-refractivity contribution is 7.92. The minimum Gasteiger partial charge on any atom is -0.505 e. The molecule has 7 nitrogen and oxygen atoms in total. The normalized spacial score (nSPS) is 11.1. The van der Waals surface area contributed by atoms with Gasteiger partial charge in [0.25, 0.3) is 10.0 Å². The Bertz CT molecular complexity index is 1180. The predicted molar refractivity (Wildman–Crippen MR) is 111 cm³/mol. The second kappa shape index (κ2) is 8.02. The first kappa shape index (κ1) is 20.5. The lowest BCUT2D eigenvalue weighted by Crippen LogP contribution is -2.16. The fourth-order valence-electron chi connectivity index (χ4n) is 2.72. The van der Waals surface area contributed by atoms with Gasteiger partial charge >= 0.3 is 0 Å². The molecule has 4 N–H and O–H groups in total. The molecule has 0 saturated carbocycles. The summed E-state index contributed by atoms with van der Waals surface area (Å²) in [6, 6.07) is 16.4. The first-order valence-electron chi connectivity index (χ1n) is 8.31. The van der Waals surface area contributed by atoms with E-state index < -0.39 is 26.6 Å². The van der Waals surface area contributed by atoms with Crippen molar-refractivity contribution >= 4 is 33.2 Å². The van der Waals surface area contributed by atoms with Gasteiger partial charge in [-0.1, -0.05) is 48.0 Å². The van der Waals surface area contributed by atoms with Gasteiger partial charge in [0, 0.05) is 5.56 Å². The summed E-state index contributed by atoms with van der Waals surface area (Å²) in [6.45, 7) is 0. The number of hydrogen-bond acceptors (Lipinski definition) is 5. The number of phenolic OH excluding ortho intramolecular Hbond substituents is 1. The number of rotatable bonds is 6. The third-order valence-corrected chi connectivity index (χ3v) is 5.82. The van der Waals surface area contributed by atoms with Crippen LogP contribution in [0.5, 0.6) is 11.5 Å². The summed E-state index contributed by atoms with van der Waals surface area (Å²) in [4.78, 5) is 10.9. The number of phenols is 1. The number of carbonyl (C=O) groups excluding carboxylic acids is 1. The number of nitrogens with two attached hydrogens (primary N) is 1. The number of benzene rings is 3. The molecule has 9 heteroatoms. The van der Waals surface area contributed by atoms with Crippen molar-refractivity contribution in [1.82, 2.24) is 0 Å². The maximum Gasteiger partial charge on any atom is 0.265 e. The van der Waals surface area contributed by atoms with Crippen LogP contribution in [0.1, 0.15) is 10.4 Å². The first-order chi connectivity index (χ1) is 13.7. The van der Waals surface area contributed by atoms with Gasteiger partial charge in [0.15, 0.2) is 5.75 Å². The van der Waals surface area contributed by atoms with Crippen LogP contribution in [0.2, 0.25) is 5.02 Å². The molecule has 0 atom stereocenters. The molecule has 0 fully saturated rings. The Morgan fingerprint density at radius 2 is 1.76 bits per heavy atom. The lowest BCUT2D eigenvalue weighted by Gasteiger charge is -2.15. The van der Waals surface area contributed by atoms with E-state index in [1.807, 2.05) is 30.3 Å². The summed E-state index contributed by atoms with van der Waals surface area (Å²) < 4.78 is 33.5. The van der Waals surface area contributed by atoms with Crippen LogP contribution in [0.25, 0.3) is 11.1 Å². The molecule has 0 bridgehead atoms. The average molecular weight is 433 g/mol. The van der Waals surface area contributed by atoms with E-state index in [-0.39, 0.29) is 22.0 Å². The molecule has 1 amide bonds. The molecule has 3 aromatic rings. The van der Waals surface area contributed by atoms with Crippen molar-refractivity contribution in [2.24, 2.45) is 5.73 Å². The van der Waals surface area contributed by atoms with E-state index >= 15 is 0 Å². The molecule has 0 radical (unpaired) electrons. The van der Waals surface area contributed by atoms with E-state index in [9.17, 15) is 18.3 Å². The maximum atomic E-state index is 12.9. The molecule has 0 aliphatic rings. The number of anilines is 1. The molecule has 0 aliphatic carbocycles. The highest BCUT2D eigenvalue weighted by atomic mass is 35.5. The zero-order valence-electron chi connectivity index (χ0n) is 15.2. The van der Waals surface area contributed by atoms with Gasteiger partial charge in [-0.05, 0) is 35.4 Å². The number of carbonyl (C=O) groups is 1. The van der Waals surface area contributed by atoms with Crippen LogP contribution in [0.4, 0.5) is 5.69 Å². The summed E-state index contributed by atoms with van der Waals surface area (Å²) in [6.07, 6.45) is 0. The van der Waals surface area contributed by atoms with Gasteiger partial charge < -0.3 is 15.6 Å². The second-order valence-corrected chi connectivity index (χ2v) is 8.11. The van der Waals surface area contributed by atoms with Crippen molar-refractivity contribution in [3.8, 4) is 22.6 Å². The van der Waals surface area contributed by atoms with E-state index in [4.69, 9.17) is 22.1 Å². The van der Waals surface area contributed by atoms with Crippen LogP contribution in [-0.2, 0) is 10.0 Å². The van der Waals surface area contributed by atoms with Gasteiger partial charge in [-0.3, -0.25) is 9.52 Å². The third-order valence-electron chi connectivity index (χ3n) is 4.15. The molecule has 3 rings (SSSR count). The lowest BCUT2D eigenvalue weighted by atomic mass is 10.1. The Labute approximate surface area is 172 Å². The number of ether oxygens (including phenoxy) is 1. The minimum absolute atomic E-state index is 0.147. The molecule has 3 aromatic carbocycles. The van der Waals surface area contributed by atoms with Crippen LogP contribution in [0.3, 0.4) is 0 Å². The Morgan fingerprint density at radius 3 is 2.38 bits per heavy atom. The van der Waals surface area contributed by atoms with Gasteiger partial charge in [0.1, 0.15) is 10.6 Å². The SMILES string of the molecule is COc1ccc(-c2ccccc2)cc1NS(=O)(=O)c1cc(C(N)=O)cc(Cl)c1O. The first-order valence-corrected chi connectivity index (χ1v) is 10.2. The van der Waals surface area contributed by atoms with Crippen molar-refractivity contribution in [2.75, 3.05) is 11.8 Å². The van der Waals surface area contributed by atoms with Gasteiger partial charge in [-0.2, -0.15) is 0 Å². The van der Waals surface area contributed by atoms with E-state index in [1.165, 1.54) is 7.11 Å². The molecule has 29 heavy (non-hydrogen) atoms. The number of methoxy groups -OCH3 is 1. The number of sulfonamides is 1. The highest BCUT2D eigenvalue weighted by Gasteiger charge is 2.24. The monoisotopic (exact) mass is 432 g/mol. The molecule has 150 valence electrons. The van der Waals surface area contributed by atoms with E-state index in [1.54, 1.807) is 18.2 Å². The number of aromatic hydroxyl groups is 1. The molecule has 0 aliphatic heterocycles. The zero-order valence-corrected chi connectivity index (χ0v) is 16.8. The van der Waals surface area contributed by atoms with Crippen LogP contribution < -0.4 is 15.2 Å². The summed E-state index contributed by atoms with van der Waals surface area (Å²) in [5.74, 6) is -1.31. The number of halogens is 1. The fourth-order valence-corrected chi connectivity index (χ4v) is 4.20. The largest absolute Gasteiger partial charge is 0.505 e. The van der Waals surface area contributed by atoms with Gasteiger partial charge in [0.05, 0.1) is 17.8 Å². The molecular weight excluding hydrogens is 416 g/mol. The van der Waals surface area contributed by atoms with Crippen molar-refractivity contribution in [2.45, 2.75) is 4.90 Å². The maximum absolute atomic E-state index is 12.9. The summed E-state index contributed by atoms with van der Waals surface area (Å²) in [5.41, 5.74) is 6.83. The van der Waals surface area contributed by atoms with Crippen molar-refractivity contribution in [1.29, 1.82) is 0 Å². The molecule has 0 heterocycles. The fraction of sp³-hybridized carbons (Fsp3) is 0.0500. The Kier molecular flexibility index (Phi) is 5.67. The standard InChI is InChI=1S/C20H17ClN2O5S/c1-28-17-8-7-13(12-5-3-2-4-6-12)10-16(17)23-29(26,27)18-11-14(20(22)25)9-15(21)19(18)24/h2-11,23-24H,1H3,(H2,22,25). The summed E-state index contributed by atoms with van der Waals surface area (Å²) in [5, 5.41) is 9.83. The zero-order chi connectivity index (χ0) is 21.2. The number of amides is 1.